The van der Waals surface area contributed by atoms with Crippen molar-refractivity contribution < 1.29 is 14.6 Å². The number of likely N-dealkylation sites (tertiary alicyclic amines) is 1. The first-order chi connectivity index (χ1) is 9.04. The monoisotopic (exact) mass is 269 g/mol. The smallest absolute Gasteiger partial charge is 0.329 e. The van der Waals surface area contributed by atoms with Crippen molar-refractivity contribution in [3.05, 3.63) is 0 Å². The van der Waals surface area contributed by atoms with Crippen molar-refractivity contribution >= 4 is 5.97 Å². The van der Waals surface area contributed by atoms with Crippen molar-refractivity contribution in [1.29, 1.82) is 0 Å². The van der Waals surface area contributed by atoms with Crippen LogP contribution < -0.4 is 0 Å². The van der Waals surface area contributed by atoms with E-state index >= 15 is 0 Å². The van der Waals surface area contributed by atoms with E-state index in [1.165, 1.54) is 19.3 Å². The molecule has 2 unspecified atom stereocenters. The second-order valence-corrected chi connectivity index (χ2v) is 6.51. The zero-order valence-corrected chi connectivity index (χ0v) is 12.2. The number of carboxylic acids is 1. The van der Waals surface area contributed by atoms with Crippen molar-refractivity contribution in [1.82, 2.24) is 4.90 Å². The summed E-state index contributed by atoms with van der Waals surface area (Å²) in [7, 11) is 0. The van der Waals surface area contributed by atoms with Gasteiger partial charge < -0.3 is 14.7 Å². The van der Waals surface area contributed by atoms with Gasteiger partial charge in [-0.25, -0.2) is 4.79 Å². The number of carbonyl (C=O) groups is 1. The number of carboxylic acid groups (broad SMARTS) is 1. The molecular formula is C15H27NO3. The standard InChI is InChI=1S/C15H27NO3/c1-11-7-12(2)9-13(8-11)16-5-3-14(4-6-16)19-10-15(17)18/h11-14H,3-10H2,1-2H3,(H,17,18). The third-order valence-corrected chi connectivity index (χ3v) is 4.59. The van der Waals surface area contributed by atoms with Gasteiger partial charge in [-0.05, 0) is 43.9 Å². The van der Waals surface area contributed by atoms with Gasteiger partial charge in [0.25, 0.3) is 0 Å². The number of aliphatic carboxylic acids is 1. The van der Waals surface area contributed by atoms with E-state index < -0.39 is 5.97 Å². The minimum Gasteiger partial charge on any atom is -0.480 e. The molecule has 4 heteroatoms. The molecule has 110 valence electrons. The molecule has 2 aliphatic rings. The Bertz CT molecular complexity index is 290. The lowest BCUT2D eigenvalue weighted by molar-refractivity contribution is -0.145. The molecule has 0 radical (unpaired) electrons. The average Bonchev–Trinajstić information content (AvgIpc) is 2.36. The van der Waals surface area contributed by atoms with Crippen LogP contribution in [0.2, 0.25) is 0 Å². The van der Waals surface area contributed by atoms with Gasteiger partial charge in [0.05, 0.1) is 6.10 Å². The van der Waals surface area contributed by atoms with E-state index in [-0.39, 0.29) is 12.7 Å². The first-order valence-corrected chi connectivity index (χ1v) is 7.62. The van der Waals surface area contributed by atoms with Gasteiger partial charge >= 0.3 is 5.97 Å². The molecule has 2 fully saturated rings. The highest BCUT2D eigenvalue weighted by Crippen LogP contribution is 2.32. The van der Waals surface area contributed by atoms with Crippen LogP contribution in [0.25, 0.3) is 0 Å². The van der Waals surface area contributed by atoms with Crippen LogP contribution in [-0.4, -0.2) is 47.8 Å². The Balaban J connectivity index is 1.74. The molecule has 0 amide bonds. The van der Waals surface area contributed by atoms with Crippen molar-refractivity contribution in [2.45, 2.75) is 58.1 Å². The topological polar surface area (TPSA) is 49.8 Å². The van der Waals surface area contributed by atoms with Crippen LogP contribution in [-0.2, 0) is 9.53 Å². The third-order valence-electron chi connectivity index (χ3n) is 4.59. The molecule has 19 heavy (non-hydrogen) atoms. The van der Waals surface area contributed by atoms with Crippen LogP contribution in [0.4, 0.5) is 0 Å². The summed E-state index contributed by atoms with van der Waals surface area (Å²) >= 11 is 0. The fraction of sp³-hybridized carbons (Fsp3) is 0.933. The molecule has 1 aliphatic heterocycles. The second kappa shape index (κ2) is 6.71. The molecule has 1 N–H and O–H groups in total. The molecule has 0 aromatic heterocycles. The van der Waals surface area contributed by atoms with Gasteiger partial charge in [0, 0.05) is 19.1 Å². The lowest BCUT2D eigenvalue weighted by Gasteiger charge is -2.42. The maximum absolute atomic E-state index is 10.5. The van der Waals surface area contributed by atoms with E-state index in [0.29, 0.717) is 0 Å². The molecule has 4 nitrogen and oxygen atoms in total. The van der Waals surface area contributed by atoms with E-state index in [2.05, 4.69) is 18.7 Å². The maximum atomic E-state index is 10.5. The quantitative estimate of drug-likeness (QED) is 0.851. The van der Waals surface area contributed by atoms with Crippen molar-refractivity contribution in [3.63, 3.8) is 0 Å². The molecule has 1 aliphatic carbocycles. The fourth-order valence-corrected chi connectivity index (χ4v) is 3.80. The van der Waals surface area contributed by atoms with Crippen LogP contribution >= 0.6 is 0 Å². The predicted octanol–water partition coefficient (Wildman–Crippen LogP) is 2.38. The highest BCUT2D eigenvalue weighted by Gasteiger charge is 2.31. The summed E-state index contributed by atoms with van der Waals surface area (Å²) in [4.78, 5) is 13.1. The number of hydrogen-bond acceptors (Lipinski definition) is 3. The molecule has 0 bridgehead atoms. The zero-order valence-electron chi connectivity index (χ0n) is 12.2. The zero-order chi connectivity index (χ0) is 13.8. The van der Waals surface area contributed by atoms with Gasteiger partial charge in [-0.1, -0.05) is 13.8 Å². The Morgan fingerprint density at radius 1 is 1.16 bits per heavy atom. The lowest BCUT2D eigenvalue weighted by atomic mass is 9.79. The summed E-state index contributed by atoms with van der Waals surface area (Å²) in [5.74, 6) is 0.821. The molecule has 1 saturated heterocycles. The molecule has 0 aromatic carbocycles. The number of rotatable bonds is 4. The van der Waals surface area contributed by atoms with E-state index in [0.717, 1.165) is 43.8 Å². The minimum atomic E-state index is -0.864. The van der Waals surface area contributed by atoms with Crippen molar-refractivity contribution in [2.24, 2.45) is 11.8 Å². The second-order valence-electron chi connectivity index (χ2n) is 6.51. The van der Waals surface area contributed by atoms with Gasteiger partial charge in [0.1, 0.15) is 6.61 Å². The van der Waals surface area contributed by atoms with E-state index in [1.807, 2.05) is 0 Å². The Hall–Kier alpha value is -0.610. The number of piperidine rings is 1. The van der Waals surface area contributed by atoms with Crippen LogP contribution in [0.5, 0.6) is 0 Å². The first kappa shape index (κ1) is 14.8. The Morgan fingerprint density at radius 3 is 2.26 bits per heavy atom. The summed E-state index contributed by atoms with van der Waals surface area (Å²) in [6.07, 6.45) is 6.12. The SMILES string of the molecule is CC1CC(C)CC(N2CCC(OCC(=O)O)CC2)C1. The summed E-state index contributed by atoms with van der Waals surface area (Å²) in [6.45, 7) is 6.71. The third kappa shape index (κ3) is 4.46. The van der Waals surface area contributed by atoms with Crippen molar-refractivity contribution in [3.8, 4) is 0 Å². The van der Waals surface area contributed by atoms with E-state index in [9.17, 15) is 4.79 Å². The molecule has 0 aromatic rings. The van der Waals surface area contributed by atoms with Crippen LogP contribution in [0.3, 0.4) is 0 Å². The minimum absolute atomic E-state index is 0.144. The molecule has 2 atom stereocenters. The fourth-order valence-electron chi connectivity index (χ4n) is 3.80. The summed E-state index contributed by atoms with van der Waals surface area (Å²) in [5.41, 5.74) is 0. The predicted molar refractivity (Wildman–Crippen MR) is 74.1 cm³/mol. The first-order valence-electron chi connectivity index (χ1n) is 7.62. The molecule has 1 saturated carbocycles. The summed E-state index contributed by atoms with van der Waals surface area (Å²) in [5, 5.41) is 8.62. The Labute approximate surface area is 116 Å². The van der Waals surface area contributed by atoms with Crippen LogP contribution in [0, 0.1) is 11.8 Å². The summed E-state index contributed by atoms with van der Waals surface area (Å²) < 4.78 is 5.40. The normalized spacial score (nSPS) is 34.3. The van der Waals surface area contributed by atoms with E-state index in [1.54, 1.807) is 0 Å². The van der Waals surface area contributed by atoms with Gasteiger partial charge in [-0.3, -0.25) is 0 Å². The molecule has 2 rings (SSSR count). The largest absolute Gasteiger partial charge is 0.480 e. The average molecular weight is 269 g/mol. The van der Waals surface area contributed by atoms with E-state index in [4.69, 9.17) is 9.84 Å². The molecular weight excluding hydrogens is 242 g/mol. The van der Waals surface area contributed by atoms with Gasteiger partial charge in [0.2, 0.25) is 0 Å². The summed E-state index contributed by atoms with van der Waals surface area (Å²) in [6, 6.07) is 0.735. The maximum Gasteiger partial charge on any atom is 0.329 e. The van der Waals surface area contributed by atoms with Gasteiger partial charge in [-0.2, -0.15) is 0 Å². The highest BCUT2D eigenvalue weighted by atomic mass is 16.5. The highest BCUT2D eigenvalue weighted by molar-refractivity contribution is 5.68. The number of ether oxygens (including phenoxy) is 1. The van der Waals surface area contributed by atoms with Gasteiger partial charge in [0.15, 0.2) is 0 Å². The Kier molecular flexibility index (Phi) is 5.22. The number of hydrogen-bond donors (Lipinski definition) is 1. The molecule has 1 heterocycles. The number of nitrogens with zero attached hydrogens (tertiary/aromatic N) is 1. The lowest BCUT2D eigenvalue weighted by Crippen LogP contribution is -2.46. The van der Waals surface area contributed by atoms with Crippen molar-refractivity contribution in [2.75, 3.05) is 19.7 Å². The van der Waals surface area contributed by atoms with Crippen LogP contribution in [0.1, 0.15) is 46.0 Å². The van der Waals surface area contributed by atoms with Gasteiger partial charge in [-0.15, -0.1) is 0 Å². The Morgan fingerprint density at radius 2 is 1.74 bits per heavy atom. The van der Waals surface area contributed by atoms with Crippen LogP contribution in [0.15, 0.2) is 0 Å². The molecule has 0 spiro atoms.